The summed E-state index contributed by atoms with van der Waals surface area (Å²) >= 11 is 6.85. The van der Waals surface area contributed by atoms with Crippen LogP contribution in [0.1, 0.15) is 78.1 Å². The largest absolute Gasteiger partial charge is 0.376 e. The molecule has 1 aliphatic heterocycles. The minimum absolute atomic E-state index is 0.000842. The lowest BCUT2D eigenvalue weighted by atomic mass is 9.69. The van der Waals surface area contributed by atoms with Gasteiger partial charge in [-0.2, -0.15) is 5.26 Å². The van der Waals surface area contributed by atoms with E-state index in [-0.39, 0.29) is 59.5 Å². The zero-order valence-electron chi connectivity index (χ0n) is 21.5. The fraction of sp³-hybridized carbons (Fsp3) is 0.926. The third-order valence-corrected chi connectivity index (χ3v) is 9.28. The van der Waals surface area contributed by atoms with Gasteiger partial charge in [0.25, 0.3) is 0 Å². The van der Waals surface area contributed by atoms with Gasteiger partial charge in [0, 0.05) is 44.8 Å². The molecule has 1 amide bonds. The first-order valence-corrected chi connectivity index (χ1v) is 14.5. The third-order valence-electron chi connectivity index (χ3n) is 8.82. The van der Waals surface area contributed by atoms with Gasteiger partial charge in [0.2, 0.25) is 5.91 Å². The Morgan fingerprint density at radius 2 is 1.89 bits per heavy atom. The highest BCUT2D eigenvalue weighted by Gasteiger charge is 2.47. The van der Waals surface area contributed by atoms with Gasteiger partial charge in [-0.3, -0.25) is 4.79 Å². The minimum atomic E-state index is -0.105. The summed E-state index contributed by atoms with van der Waals surface area (Å²) in [4.78, 5) is 11.9. The van der Waals surface area contributed by atoms with E-state index in [2.05, 4.69) is 22.0 Å². The van der Waals surface area contributed by atoms with Crippen molar-refractivity contribution in [1.29, 1.82) is 5.26 Å². The van der Waals surface area contributed by atoms with Gasteiger partial charge in [0.1, 0.15) is 0 Å². The molecule has 4 fully saturated rings. The monoisotopic (exact) mass is 508 g/mol. The number of fused-ring (bicyclic) bond motifs is 1. The Morgan fingerprint density at radius 1 is 1.09 bits per heavy atom. The summed E-state index contributed by atoms with van der Waals surface area (Å²) in [5.74, 6) is 0.831. The van der Waals surface area contributed by atoms with Crippen LogP contribution in [0.15, 0.2) is 0 Å². The van der Waals surface area contributed by atoms with Crippen LogP contribution in [0, 0.1) is 29.1 Å². The molecule has 3 N–H and O–H groups in total. The van der Waals surface area contributed by atoms with Crippen LogP contribution in [-0.2, 0) is 14.3 Å². The Labute approximate surface area is 216 Å². The van der Waals surface area contributed by atoms with Crippen LogP contribution in [0.25, 0.3) is 0 Å². The molecule has 0 aromatic heterocycles. The lowest BCUT2D eigenvalue weighted by Crippen LogP contribution is -2.66. The topological polar surface area (TPSA) is 95.4 Å². The Balaban J connectivity index is 1.35. The normalized spacial score (nSPS) is 40.5. The van der Waals surface area contributed by atoms with Gasteiger partial charge in [-0.15, -0.1) is 11.6 Å². The van der Waals surface area contributed by atoms with Gasteiger partial charge in [0.05, 0.1) is 35.6 Å². The van der Waals surface area contributed by atoms with Crippen molar-refractivity contribution in [2.45, 2.75) is 120 Å². The van der Waals surface area contributed by atoms with Crippen LogP contribution < -0.4 is 16.0 Å². The fourth-order valence-electron chi connectivity index (χ4n) is 7.02. The second kappa shape index (κ2) is 13.1. The number of piperidine rings is 1. The SMILES string of the molecule is CCOC1CC2NCC(C#N)C(NC3CCC(OCC4CCCCC4)C(Cl)C3)C2CC1NC(C)=O. The molecule has 0 aromatic rings. The van der Waals surface area contributed by atoms with Gasteiger partial charge in [0.15, 0.2) is 0 Å². The van der Waals surface area contributed by atoms with E-state index >= 15 is 0 Å². The van der Waals surface area contributed by atoms with Gasteiger partial charge < -0.3 is 25.4 Å². The predicted molar refractivity (Wildman–Crippen MR) is 137 cm³/mol. The maximum absolute atomic E-state index is 11.9. The molecule has 4 aliphatic rings. The third kappa shape index (κ3) is 7.11. The Hall–Kier alpha value is -0.910. The predicted octanol–water partition coefficient (Wildman–Crippen LogP) is 3.50. The van der Waals surface area contributed by atoms with Crippen molar-refractivity contribution in [3.05, 3.63) is 0 Å². The molecular formula is C27H45ClN4O3. The molecule has 0 bridgehead atoms. The maximum Gasteiger partial charge on any atom is 0.217 e. The lowest BCUT2D eigenvalue weighted by Gasteiger charge is -2.50. The first-order valence-electron chi connectivity index (χ1n) is 14.0. The molecule has 3 aliphatic carbocycles. The summed E-state index contributed by atoms with van der Waals surface area (Å²) in [6.07, 6.45) is 11.3. The number of ether oxygens (including phenoxy) is 2. The number of carbonyl (C=O) groups is 1. The van der Waals surface area contributed by atoms with E-state index in [9.17, 15) is 10.1 Å². The van der Waals surface area contributed by atoms with Crippen LogP contribution in [0.4, 0.5) is 0 Å². The van der Waals surface area contributed by atoms with E-state index in [1.54, 1.807) is 6.92 Å². The highest BCUT2D eigenvalue weighted by Crippen LogP contribution is 2.37. The molecule has 9 unspecified atom stereocenters. The second-order valence-electron chi connectivity index (χ2n) is 11.3. The summed E-state index contributed by atoms with van der Waals surface area (Å²) in [7, 11) is 0. The average Bonchev–Trinajstić information content (AvgIpc) is 2.85. The van der Waals surface area contributed by atoms with Crippen molar-refractivity contribution >= 4 is 17.5 Å². The Morgan fingerprint density at radius 3 is 2.57 bits per heavy atom. The molecule has 198 valence electrons. The molecular weight excluding hydrogens is 464 g/mol. The molecule has 35 heavy (non-hydrogen) atoms. The van der Waals surface area contributed by atoms with Gasteiger partial charge in [-0.05, 0) is 63.7 Å². The summed E-state index contributed by atoms with van der Waals surface area (Å²) < 4.78 is 12.3. The minimum Gasteiger partial charge on any atom is -0.376 e. The maximum atomic E-state index is 11.9. The molecule has 0 radical (unpaired) electrons. The molecule has 0 aromatic carbocycles. The average molecular weight is 509 g/mol. The summed E-state index contributed by atoms with van der Waals surface area (Å²) in [5.41, 5.74) is 0. The number of hydrogen-bond donors (Lipinski definition) is 3. The highest BCUT2D eigenvalue weighted by molar-refractivity contribution is 6.21. The smallest absolute Gasteiger partial charge is 0.217 e. The molecule has 1 saturated heterocycles. The number of nitrogens with one attached hydrogen (secondary N) is 3. The zero-order chi connectivity index (χ0) is 24.8. The number of amides is 1. The van der Waals surface area contributed by atoms with Crippen molar-refractivity contribution in [2.24, 2.45) is 17.8 Å². The van der Waals surface area contributed by atoms with E-state index in [1.807, 2.05) is 6.92 Å². The molecule has 7 nitrogen and oxygen atoms in total. The van der Waals surface area contributed by atoms with Gasteiger partial charge in [-0.25, -0.2) is 0 Å². The fourth-order valence-corrected chi connectivity index (χ4v) is 7.44. The summed E-state index contributed by atoms with van der Waals surface area (Å²) in [6, 6.07) is 3.17. The molecule has 9 atom stereocenters. The number of nitriles is 1. The van der Waals surface area contributed by atoms with Crippen molar-refractivity contribution < 1.29 is 14.3 Å². The number of nitrogens with zero attached hydrogens (tertiary/aromatic N) is 1. The van der Waals surface area contributed by atoms with Crippen LogP contribution >= 0.6 is 11.6 Å². The zero-order valence-corrected chi connectivity index (χ0v) is 22.3. The van der Waals surface area contributed by atoms with Crippen LogP contribution in [0.2, 0.25) is 0 Å². The first-order chi connectivity index (χ1) is 17.0. The van der Waals surface area contributed by atoms with Gasteiger partial charge in [-0.1, -0.05) is 19.3 Å². The number of halogens is 1. The van der Waals surface area contributed by atoms with E-state index in [1.165, 1.54) is 32.1 Å². The molecule has 3 saturated carbocycles. The number of carbonyl (C=O) groups excluding carboxylic acids is 1. The Bertz CT molecular complexity index is 728. The number of hydrogen-bond acceptors (Lipinski definition) is 6. The van der Waals surface area contributed by atoms with Crippen LogP contribution in [0.5, 0.6) is 0 Å². The quantitative estimate of drug-likeness (QED) is 0.434. The summed E-state index contributed by atoms with van der Waals surface area (Å²) in [6.45, 7) is 5.73. The van der Waals surface area contributed by atoms with Gasteiger partial charge >= 0.3 is 0 Å². The summed E-state index contributed by atoms with van der Waals surface area (Å²) in [5, 5.41) is 20.6. The molecule has 1 heterocycles. The lowest BCUT2D eigenvalue weighted by molar-refractivity contribution is -0.122. The van der Waals surface area contributed by atoms with E-state index < -0.39 is 0 Å². The van der Waals surface area contributed by atoms with Crippen molar-refractivity contribution in [3.63, 3.8) is 0 Å². The van der Waals surface area contributed by atoms with Crippen molar-refractivity contribution in [1.82, 2.24) is 16.0 Å². The van der Waals surface area contributed by atoms with Crippen molar-refractivity contribution in [2.75, 3.05) is 19.8 Å². The highest BCUT2D eigenvalue weighted by atomic mass is 35.5. The first kappa shape index (κ1) is 27.1. The number of rotatable bonds is 8. The standard InChI is InChI=1S/C27H45ClN4O3/c1-3-34-26-13-23-21(12-24(26)31-17(2)33)27(19(14-29)15-30-23)32-20-9-10-25(22(28)11-20)35-16-18-7-5-4-6-8-18/h18-27,30,32H,3-13,15-16H2,1-2H3,(H,31,33). The Kier molecular flexibility index (Phi) is 10.1. The van der Waals surface area contributed by atoms with Crippen LogP contribution in [-0.4, -0.2) is 67.4 Å². The van der Waals surface area contributed by atoms with E-state index in [0.717, 1.165) is 38.7 Å². The molecule has 8 heteroatoms. The van der Waals surface area contributed by atoms with E-state index in [4.69, 9.17) is 21.1 Å². The second-order valence-corrected chi connectivity index (χ2v) is 11.8. The molecule has 4 rings (SSSR count). The van der Waals surface area contributed by atoms with Crippen LogP contribution in [0.3, 0.4) is 0 Å². The molecule has 0 spiro atoms. The van der Waals surface area contributed by atoms with Crippen molar-refractivity contribution in [3.8, 4) is 6.07 Å². The number of alkyl halides is 1. The van der Waals surface area contributed by atoms with E-state index in [0.29, 0.717) is 19.1 Å².